The number of rotatable bonds is 7. The molecule has 1 amide bonds. The summed E-state index contributed by atoms with van der Waals surface area (Å²) in [6.45, 7) is 4.89. The smallest absolute Gasteiger partial charge is 0.220 e. The largest absolute Gasteiger partial charge is 0.352 e. The number of nitrogens with one attached hydrogen (secondary N) is 1. The Morgan fingerprint density at radius 3 is 2.26 bits per heavy atom. The molecule has 1 rings (SSSR count). The summed E-state index contributed by atoms with van der Waals surface area (Å²) in [7, 11) is 0. The Hall–Kier alpha value is -0.280. The minimum Gasteiger partial charge on any atom is -0.352 e. The first-order valence-electron chi connectivity index (χ1n) is 7.70. The number of halogens is 1. The van der Waals surface area contributed by atoms with Crippen LogP contribution in [0.25, 0.3) is 0 Å². The fourth-order valence-electron chi connectivity index (χ4n) is 3.01. The van der Waals surface area contributed by atoms with Gasteiger partial charge in [0.25, 0.3) is 0 Å². The van der Waals surface area contributed by atoms with Crippen LogP contribution in [0.15, 0.2) is 0 Å². The molecule has 1 saturated carbocycles. The summed E-state index contributed by atoms with van der Waals surface area (Å²) in [6.07, 6.45) is 9.22. The van der Waals surface area contributed by atoms with Crippen LogP contribution in [0.2, 0.25) is 0 Å². The topological polar surface area (TPSA) is 55.1 Å². The molecule has 19 heavy (non-hydrogen) atoms. The van der Waals surface area contributed by atoms with Crippen LogP contribution in [0.1, 0.15) is 65.2 Å². The van der Waals surface area contributed by atoms with Gasteiger partial charge in [-0.15, -0.1) is 12.4 Å². The molecule has 1 fully saturated rings. The predicted molar refractivity (Wildman–Crippen MR) is 83.5 cm³/mol. The van der Waals surface area contributed by atoms with E-state index in [2.05, 4.69) is 19.2 Å². The van der Waals surface area contributed by atoms with Gasteiger partial charge in [0, 0.05) is 19.0 Å². The molecule has 0 heterocycles. The van der Waals surface area contributed by atoms with Gasteiger partial charge < -0.3 is 11.1 Å². The van der Waals surface area contributed by atoms with Gasteiger partial charge >= 0.3 is 0 Å². The maximum Gasteiger partial charge on any atom is 0.220 e. The van der Waals surface area contributed by atoms with E-state index >= 15 is 0 Å². The van der Waals surface area contributed by atoms with E-state index < -0.39 is 0 Å². The van der Waals surface area contributed by atoms with Crippen LogP contribution in [0.5, 0.6) is 0 Å². The first-order chi connectivity index (χ1) is 8.71. The van der Waals surface area contributed by atoms with E-state index in [-0.39, 0.29) is 24.4 Å². The normalized spacial score (nSPS) is 17.9. The molecule has 0 saturated heterocycles. The highest BCUT2D eigenvalue weighted by Gasteiger charge is 2.24. The Balaban J connectivity index is 0.00000324. The lowest BCUT2D eigenvalue weighted by molar-refractivity contribution is -0.123. The highest BCUT2D eigenvalue weighted by Crippen LogP contribution is 2.26. The second-order valence-electron chi connectivity index (χ2n) is 5.69. The molecule has 0 aromatic heterocycles. The Kier molecular flexibility index (Phi) is 10.3. The van der Waals surface area contributed by atoms with E-state index in [1.54, 1.807) is 0 Å². The van der Waals surface area contributed by atoms with Crippen LogP contribution < -0.4 is 11.1 Å². The van der Waals surface area contributed by atoms with Gasteiger partial charge in [0.2, 0.25) is 5.91 Å². The predicted octanol–water partition coefficient (Wildman–Crippen LogP) is 3.26. The molecule has 1 aliphatic rings. The molecule has 0 aliphatic heterocycles. The minimum atomic E-state index is 0. The Labute approximate surface area is 124 Å². The van der Waals surface area contributed by atoms with Crippen molar-refractivity contribution in [2.75, 3.05) is 6.54 Å². The summed E-state index contributed by atoms with van der Waals surface area (Å²) < 4.78 is 0. The number of nitrogens with two attached hydrogens (primary N) is 1. The van der Waals surface area contributed by atoms with Crippen LogP contribution in [0.3, 0.4) is 0 Å². The molecule has 1 atom stereocenters. The van der Waals surface area contributed by atoms with Gasteiger partial charge in [0.15, 0.2) is 0 Å². The Morgan fingerprint density at radius 2 is 1.79 bits per heavy atom. The molecule has 0 spiro atoms. The van der Waals surface area contributed by atoms with Crippen molar-refractivity contribution < 1.29 is 4.79 Å². The van der Waals surface area contributed by atoms with Crippen molar-refractivity contribution in [3.63, 3.8) is 0 Å². The first-order valence-corrected chi connectivity index (χ1v) is 7.70. The standard InChI is InChI=1S/C15H30N2O.ClH/c1-3-12(4-2)10-15(18)17-14(11-16)13-8-6-5-7-9-13;/h12-14H,3-11,16H2,1-2H3,(H,17,18);1H. The van der Waals surface area contributed by atoms with E-state index in [4.69, 9.17) is 5.73 Å². The van der Waals surface area contributed by atoms with Crippen LogP contribution in [-0.4, -0.2) is 18.5 Å². The zero-order valence-electron chi connectivity index (χ0n) is 12.5. The summed E-state index contributed by atoms with van der Waals surface area (Å²) in [5.41, 5.74) is 5.83. The Morgan fingerprint density at radius 1 is 1.21 bits per heavy atom. The van der Waals surface area contributed by atoms with Crippen LogP contribution >= 0.6 is 12.4 Å². The third-order valence-corrected chi connectivity index (χ3v) is 4.45. The monoisotopic (exact) mass is 290 g/mol. The second kappa shape index (κ2) is 10.5. The molecule has 114 valence electrons. The zero-order chi connectivity index (χ0) is 13.4. The second-order valence-corrected chi connectivity index (χ2v) is 5.69. The van der Waals surface area contributed by atoms with Gasteiger partial charge in [-0.3, -0.25) is 4.79 Å². The van der Waals surface area contributed by atoms with Gasteiger partial charge in [-0.25, -0.2) is 0 Å². The number of hydrogen-bond donors (Lipinski definition) is 2. The van der Waals surface area contributed by atoms with Crippen LogP contribution in [0.4, 0.5) is 0 Å². The molecule has 0 bridgehead atoms. The van der Waals surface area contributed by atoms with Crippen molar-refractivity contribution in [2.24, 2.45) is 17.6 Å². The lowest BCUT2D eigenvalue weighted by Gasteiger charge is -2.30. The van der Waals surface area contributed by atoms with Crippen molar-refractivity contribution in [1.29, 1.82) is 0 Å². The van der Waals surface area contributed by atoms with Gasteiger partial charge in [-0.2, -0.15) is 0 Å². The molecule has 3 N–H and O–H groups in total. The average molecular weight is 291 g/mol. The number of amides is 1. The van der Waals surface area contributed by atoms with Gasteiger partial charge in [-0.1, -0.05) is 46.0 Å². The number of carbonyl (C=O) groups excluding carboxylic acids is 1. The number of hydrogen-bond acceptors (Lipinski definition) is 2. The molecule has 3 nitrogen and oxygen atoms in total. The molecule has 0 radical (unpaired) electrons. The van der Waals surface area contributed by atoms with Gasteiger partial charge in [-0.05, 0) is 24.7 Å². The van der Waals surface area contributed by atoms with E-state index in [0.29, 0.717) is 24.8 Å². The van der Waals surface area contributed by atoms with Gasteiger partial charge in [0.1, 0.15) is 0 Å². The SMILES string of the molecule is CCC(CC)CC(=O)NC(CN)C1CCCCC1.Cl. The lowest BCUT2D eigenvalue weighted by atomic mass is 9.83. The van der Waals surface area contributed by atoms with Crippen LogP contribution in [-0.2, 0) is 4.79 Å². The highest BCUT2D eigenvalue weighted by atomic mass is 35.5. The minimum absolute atomic E-state index is 0. The van der Waals surface area contributed by atoms with Crippen LogP contribution in [0, 0.1) is 11.8 Å². The van der Waals surface area contributed by atoms with Crippen molar-refractivity contribution >= 4 is 18.3 Å². The maximum atomic E-state index is 12.0. The van der Waals surface area contributed by atoms with Crippen molar-refractivity contribution in [3.05, 3.63) is 0 Å². The lowest BCUT2D eigenvalue weighted by Crippen LogP contribution is -2.46. The quantitative estimate of drug-likeness (QED) is 0.756. The van der Waals surface area contributed by atoms with Crippen molar-refractivity contribution in [2.45, 2.75) is 71.3 Å². The highest BCUT2D eigenvalue weighted by molar-refractivity contribution is 5.85. The zero-order valence-corrected chi connectivity index (χ0v) is 13.3. The van der Waals surface area contributed by atoms with Crippen molar-refractivity contribution in [3.8, 4) is 0 Å². The van der Waals surface area contributed by atoms with E-state index in [1.807, 2.05) is 0 Å². The molecule has 0 aromatic carbocycles. The molecular formula is C15H31ClN2O. The molecular weight excluding hydrogens is 260 g/mol. The molecule has 0 aromatic rings. The summed E-state index contributed by atoms with van der Waals surface area (Å²) in [5, 5.41) is 3.17. The fraction of sp³-hybridized carbons (Fsp3) is 0.933. The summed E-state index contributed by atoms with van der Waals surface area (Å²) in [6, 6.07) is 0.201. The number of carbonyl (C=O) groups is 1. The molecule has 4 heteroatoms. The van der Waals surface area contributed by atoms with Crippen molar-refractivity contribution in [1.82, 2.24) is 5.32 Å². The summed E-state index contributed by atoms with van der Waals surface area (Å²) in [4.78, 5) is 12.0. The molecule has 1 unspecified atom stereocenters. The van der Waals surface area contributed by atoms with Gasteiger partial charge in [0.05, 0.1) is 0 Å². The molecule has 1 aliphatic carbocycles. The van der Waals surface area contributed by atoms with E-state index in [0.717, 1.165) is 12.8 Å². The summed E-state index contributed by atoms with van der Waals surface area (Å²) >= 11 is 0. The first kappa shape index (κ1) is 18.7. The van der Waals surface area contributed by atoms with E-state index in [1.165, 1.54) is 32.1 Å². The van der Waals surface area contributed by atoms with E-state index in [9.17, 15) is 4.79 Å². The summed E-state index contributed by atoms with van der Waals surface area (Å²) in [5.74, 6) is 1.33. The average Bonchev–Trinajstić information content (AvgIpc) is 2.43. The maximum absolute atomic E-state index is 12.0. The fourth-order valence-corrected chi connectivity index (χ4v) is 3.01. The third-order valence-electron chi connectivity index (χ3n) is 4.45. The third kappa shape index (κ3) is 6.62. The Bertz CT molecular complexity index is 238.